The van der Waals surface area contributed by atoms with Crippen molar-refractivity contribution in [2.75, 3.05) is 44.2 Å². The summed E-state index contributed by atoms with van der Waals surface area (Å²) >= 11 is 1.64. The molecule has 0 radical (unpaired) electrons. The first-order valence-corrected chi connectivity index (χ1v) is 11.8. The van der Waals surface area contributed by atoms with Crippen molar-refractivity contribution in [2.24, 2.45) is 0 Å². The molecule has 32 heavy (non-hydrogen) atoms. The zero-order valence-corrected chi connectivity index (χ0v) is 18.8. The van der Waals surface area contributed by atoms with Crippen LogP contribution in [0.25, 0.3) is 20.8 Å². The number of nitrogens with zero attached hydrogens (tertiary/aromatic N) is 4. The van der Waals surface area contributed by atoms with E-state index >= 15 is 0 Å². The molecule has 1 atom stereocenters. The summed E-state index contributed by atoms with van der Waals surface area (Å²) in [4.78, 5) is 36.2. The first-order valence-electron chi connectivity index (χ1n) is 10.9. The normalized spacial score (nSPS) is 20.6. The maximum absolute atomic E-state index is 13.1. The number of β-amino-alcohol motifs (C(OH)–C–C–N with tert-alkyl or cyclic N) is 1. The predicted octanol–water partition coefficient (Wildman–Crippen LogP) is 2.51. The van der Waals surface area contributed by atoms with Crippen LogP contribution in [0.2, 0.25) is 0 Å². The van der Waals surface area contributed by atoms with Gasteiger partial charge in [0.25, 0.3) is 5.91 Å². The molecule has 2 aromatic carbocycles. The minimum Gasteiger partial charge on any atom is -0.395 e. The highest BCUT2D eigenvalue weighted by Gasteiger charge is 2.43. The number of benzene rings is 2. The summed E-state index contributed by atoms with van der Waals surface area (Å²) in [6.07, 6.45) is 0.220. The van der Waals surface area contributed by atoms with E-state index in [1.165, 1.54) is 10.5 Å². The van der Waals surface area contributed by atoms with Gasteiger partial charge in [0.2, 0.25) is 5.91 Å². The lowest BCUT2D eigenvalue weighted by molar-refractivity contribution is -0.123. The van der Waals surface area contributed by atoms with Gasteiger partial charge in [-0.05, 0) is 48.9 Å². The van der Waals surface area contributed by atoms with Crippen molar-refractivity contribution in [3.63, 3.8) is 0 Å². The number of hydrogen-bond acceptors (Lipinski definition) is 7. The molecule has 1 N–H and O–H groups in total. The number of anilines is 1. The fraction of sp³-hybridized carbons (Fsp3) is 0.375. The number of aliphatic hydroxyl groups excluding tert-OH is 1. The summed E-state index contributed by atoms with van der Waals surface area (Å²) in [7, 11) is 0. The molecule has 8 heteroatoms. The average molecular weight is 451 g/mol. The van der Waals surface area contributed by atoms with Gasteiger partial charge < -0.3 is 5.11 Å². The van der Waals surface area contributed by atoms with Crippen LogP contribution < -0.4 is 4.90 Å². The van der Waals surface area contributed by atoms with Crippen LogP contribution in [-0.2, 0) is 9.59 Å². The molecule has 3 heterocycles. The molecule has 1 unspecified atom stereocenters. The number of aromatic nitrogens is 1. The number of imide groups is 1. The first kappa shape index (κ1) is 21.2. The van der Waals surface area contributed by atoms with Crippen molar-refractivity contribution in [1.82, 2.24) is 14.8 Å². The van der Waals surface area contributed by atoms with Crippen molar-refractivity contribution in [1.29, 1.82) is 0 Å². The van der Waals surface area contributed by atoms with E-state index in [1.54, 1.807) is 11.3 Å². The summed E-state index contributed by atoms with van der Waals surface area (Å²) in [5, 5.41) is 10.0. The maximum Gasteiger partial charge on any atom is 0.251 e. The molecule has 5 rings (SSSR count). The number of aryl methyl sites for hydroxylation is 1. The quantitative estimate of drug-likeness (QED) is 0.602. The third-order valence-electron chi connectivity index (χ3n) is 6.30. The molecule has 0 aliphatic carbocycles. The van der Waals surface area contributed by atoms with Gasteiger partial charge in [-0.3, -0.25) is 19.4 Å². The maximum atomic E-state index is 13.1. The Balaban J connectivity index is 1.31. The number of piperazine rings is 1. The minimum absolute atomic E-state index is 0.140. The first-order chi connectivity index (χ1) is 15.5. The van der Waals surface area contributed by atoms with Crippen LogP contribution in [0, 0.1) is 6.92 Å². The zero-order chi connectivity index (χ0) is 22.2. The highest BCUT2D eigenvalue weighted by Crippen LogP contribution is 2.33. The SMILES string of the molecule is Cc1ccc2nc(-c3ccc(N4C(=O)CC(N5CCN(CCO)CC5)C4=O)cc3)sc2c1. The van der Waals surface area contributed by atoms with E-state index in [4.69, 9.17) is 10.1 Å². The molecule has 0 spiro atoms. The topological polar surface area (TPSA) is 77.0 Å². The summed E-state index contributed by atoms with van der Waals surface area (Å²) in [6.45, 7) is 5.92. The summed E-state index contributed by atoms with van der Waals surface area (Å²) in [6, 6.07) is 13.4. The molecule has 7 nitrogen and oxygen atoms in total. The zero-order valence-electron chi connectivity index (χ0n) is 18.0. The Kier molecular flexibility index (Phi) is 5.77. The number of thiazole rings is 1. The molecule has 1 aromatic heterocycles. The fourth-order valence-electron chi connectivity index (χ4n) is 4.52. The molecule has 2 fully saturated rings. The van der Waals surface area contributed by atoms with Gasteiger partial charge in [-0.25, -0.2) is 9.88 Å². The van der Waals surface area contributed by atoms with E-state index in [0.717, 1.165) is 47.0 Å². The Morgan fingerprint density at radius 1 is 1.06 bits per heavy atom. The Morgan fingerprint density at radius 2 is 1.81 bits per heavy atom. The van der Waals surface area contributed by atoms with Gasteiger partial charge in [-0.2, -0.15) is 0 Å². The van der Waals surface area contributed by atoms with Crippen molar-refractivity contribution in [3.05, 3.63) is 48.0 Å². The second-order valence-electron chi connectivity index (χ2n) is 8.43. The molecule has 0 saturated carbocycles. The van der Waals surface area contributed by atoms with Gasteiger partial charge in [-0.1, -0.05) is 6.07 Å². The van der Waals surface area contributed by atoms with Crippen molar-refractivity contribution >= 4 is 39.1 Å². The van der Waals surface area contributed by atoms with E-state index in [9.17, 15) is 9.59 Å². The number of rotatable bonds is 5. The van der Waals surface area contributed by atoms with Gasteiger partial charge in [0, 0.05) is 38.3 Å². The average Bonchev–Trinajstić information content (AvgIpc) is 3.34. The highest BCUT2D eigenvalue weighted by molar-refractivity contribution is 7.21. The Labute approximate surface area is 190 Å². The van der Waals surface area contributed by atoms with E-state index in [-0.39, 0.29) is 24.8 Å². The summed E-state index contributed by atoms with van der Waals surface area (Å²) in [5.74, 6) is -0.296. The molecule has 2 saturated heterocycles. The van der Waals surface area contributed by atoms with Crippen LogP contribution in [0.15, 0.2) is 42.5 Å². The minimum atomic E-state index is -0.397. The van der Waals surface area contributed by atoms with E-state index in [1.807, 2.05) is 30.3 Å². The number of amides is 2. The molecular weight excluding hydrogens is 424 g/mol. The Morgan fingerprint density at radius 3 is 2.53 bits per heavy atom. The van der Waals surface area contributed by atoms with E-state index in [2.05, 4.69) is 28.9 Å². The van der Waals surface area contributed by atoms with Crippen LogP contribution >= 0.6 is 11.3 Å². The van der Waals surface area contributed by atoms with Gasteiger partial charge in [0.05, 0.1) is 35.0 Å². The third kappa shape index (κ3) is 3.95. The Bertz CT molecular complexity index is 1150. The van der Waals surface area contributed by atoms with Crippen LogP contribution in [0.4, 0.5) is 5.69 Å². The van der Waals surface area contributed by atoms with Gasteiger partial charge in [0.15, 0.2) is 0 Å². The number of fused-ring (bicyclic) bond motifs is 1. The predicted molar refractivity (Wildman–Crippen MR) is 126 cm³/mol. The van der Waals surface area contributed by atoms with Crippen molar-refractivity contribution < 1.29 is 14.7 Å². The van der Waals surface area contributed by atoms with Crippen LogP contribution in [0.1, 0.15) is 12.0 Å². The highest BCUT2D eigenvalue weighted by atomic mass is 32.1. The summed E-state index contributed by atoms with van der Waals surface area (Å²) in [5.41, 5.74) is 3.77. The Hall–Kier alpha value is -2.65. The molecule has 2 aliphatic heterocycles. The monoisotopic (exact) mass is 450 g/mol. The number of aliphatic hydroxyl groups is 1. The lowest BCUT2D eigenvalue weighted by atomic mass is 10.1. The molecule has 166 valence electrons. The largest absolute Gasteiger partial charge is 0.395 e. The third-order valence-corrected chi connectivity index (χ3v) is 7.37. The van der Waals surface area contributed by atoms with E-state index < -0.39 is 6.04 Å². The second kappa shape index (κ2) is 8.71. The summed E-state index contributed by atoms with van der Waals surface area (Å²) < 4.78 is 1.15. The molecule has 0 bridgehead atoms. The smallest absolute Gasteiger partial charge is 0.251 e. The van der Waals surface area contributed by atoms with Crippen LogP contribution in [0.3, 0.4) is 0 Å². The number of hydrogen-bond donors (Lipinski definition) is 1. The van der Waals surface area contributed by atoms with E-state index in [0.29, 0.717) is 12.2 Å². The van der Waals surface area contributed by atoms with Crippen LogP contribution in [0.5, 0.6) is 0 Å². The number of carbonyl (C=O) groups excluding carboxylic acids is 2. The fourth-order valence-corrected chi connectivity index (χ4v) is 5.59. The lowest BCUT2D eigenvalue weighted by Crippen LogP contribution is -2.52. The molecule has 2 aliphatic rings. The van der Waals surface area contributed by atoms with Gasteiger partial charge >= 0.3 is 0 Å². The number of carbonyl (C=O) groups is 2. The van der Waals surface area contributed by atoms with Crippen molar-refractivity contribution in [2.45, 2.75) is 19.4 Å². The molecular formula is C24H26N4O3S. The van der Waals surface area contributed by atoms with Crippen LogP contribution in [-0.4, -0.2) is 77.1 Å². The lowest BCUT2D eigenvalue weighted by Gasteiger charge is -2.36. The standard InChI is InChI=1S/C24H26N4O3S/c1-16-2-7-19-21(14-16)32-23(25-19)17-3-5-18(6-4-17)28-22(30)15-20(24(28)31)27-10-8-26(9-11-27)12-13-29/h2-7,14,20,29H,8-13,15H2,1H3. The van der Waals surface area contributed by atoms with Gasteiger partial charge in [-0.15, -0.1) is 11.3 Å². The second-order valence-corrected chi connectivity index (χ2v) is 9.46. The molecule has 2 amide bonds. The van der Waals surface area contributed by atoms with Gasteiger partial charge in [0.1, 0.15) is 5.01 Å². The molecule has 3 aromatic rings. The van der Waals surface area contributed by atoms with Crippen molar-refractivity contribution in [3.8, 4) is 10.6 Å².